The fraction of sp³-hybridized carbons (Fsp3) is 0.0833. The summed E-state index contributed by atoms with van der Waals surface area (Å²) in [6, 6.07) is 19.5. The van der Waals surface area contributed by atoms with Gasteiger partial charge in [-0.25, -0.2) is 8.42 Å². The molecule has 0 heterocycles. The van der Waals surface area contributed by atoms with E-state index in [2.05, 4.69) is 11.9 Å². The van der Waals surface area contributed by atoms with E-state index in [1.165, 1.54) is 40.7 Å². The molecular formula is C24H21ClN2O4S. The highest BCUT2D eigenvalue weighted by Gasteiger charge is 2.18. The Morgan fingerprint density at radius 2 is 1.66 bits per heavy atom. The number of amides is 1. The lowest BCUT2D eigenvalue weighted by atomic mass is 10.0. The van der Waals surface area contributed by atoms with Crippen LogP contribution in [0.1, 0.15) is 26.3 Å². The molecule has 0 aliphatic carbocycles. The molecule has 0 aliphatic heterocycles. The number of nitrogens with zero attached hydrogens (tertiary/aromatic N) is 1. The van der Waals surface area contributed by atoms with Gasteiger partial charge in [0.15, 0.2) is 5.78 Å². The average Bonchev–Trinajstić information content (AvgIpc) is 2.78. The van der Waals surface area contributed by atoms with Gasteiger partial charge in [0, 0.05) is 21.7 Å². The molecule has 0 atom stereocenters. The molecule has 0 radical (unpaired) electrons. The average molecular weight is 469 g/mol. The van der Waals surface area contributed by atoms with E-state index in [-0.39, 0.29) is 17.9 Å². The third-order valence-electron chi connectivity index (χ3n) is 4.62. The van der Waals surface area contributed by atoms with Crippen LogP contribution < -0.4 is 9.62 Å². The van der Waals surface area contributed by atoms with E-state index in [1.54, 1.807) is 42.5 Å². The summed E-state index contributed by atoms with van der Waals surface area (Å²) in [5.74, 6) is -0.720. The Hall–Kier alpha value is -3.42. The van der Waals surface area contributed by atoms with Gasteiger partial charge in [-0.3, -0.25) is 13.9 Å². The van der Waals surface area contributed by atoms with E-state index in [1.807, 2.05) is 0 Å². The van der Waals surface area contributed by atoms with Gasteiger partial charge in [-0.05, 0) is 42.5 Å². The second-order valence-corrected chi connectivity index (χ2v) is 9.31. The monoisotopic (exact) mass is 468 g/mol. The van der Waals surface area contributed by atoms with Crippen LogP contribution in [0.25, 0.3) is 0 Å². The van der Waals surface area contributed by atoms with Crippen molar-refractivity contribution in [3.05, 3.63) is 107 Å². The molecule has 32 heavy (non-hydrogen) atoms. The summed E-state index contributed by atoms with van der Waals surface area (Å²) < 4.78 is 25.1. The molecule has 3 rings (SSSR count). The normalized spacial score (nSPS) is 10.9. The second-order valence-electron chi connectivity index (χ2n) is 6.97. The predicted molar refractivity (Wildman–Crippen MR) is 128 cm³/mol. The quantitative estimate of drug-likeness (QED) is 0.381. The van der Waals surface area contributed by atoms with Crippen LogP contribution in [-0.4, -0.2) is 32.9 Å². The van der Waals surface area contributed by atoms with Crippen LogP contribution in [0.15, 0.2) is 85.5 Å². The van der Waals surface area contributed by atoms with Gasteiger partial charge in [0.25, 0.3) is 5.91 Å². The number of carbonyl (C=O) groups excluding carboxylic acids is 2. The molecule has 0 saturated heterocycles. The lowest BCUT2D eigenvalue weighted by molar-refractivity contribution is 0.102. The Labute approximate surface area is 192 Å². The number of rotatable bonds is 8. The van der Waals surface area contributed by atoms with Crippen LogP contribution in [0.2, 0.25) is 5.02 Å². The smallest absolute Gasteiger partial charge is 0.255 e. The lowest BCUT2D eigenvalue weighted by Gasteiger charge is -2.20. The zero-order valence-corrected chi connectivity index (χ0v) is 18.9. The first-order valence-electron chi connectivity index (χ1n) is 9.60. The van der Waals surface area contributed by atoms with Crippen molar-refractivity contribution in [3.63, 3.8) is 0 Å². The molecule has 164 valence electrons. The van der Waals surface area contributed by atoms with Crippen LogP contribution in [-0.2, 0) is 10.0 Å². The summed E-state index contributed by atoms with van der Waals surface area (Å²) in [5, 5.41) is 3.11. The first kappa shape index (κ1) is 23.2. The molecule has 0 unspecified atom stereocenters. The van der Waals surface area contributed by atoms with E-state index in [4.69, 9.17) is 11.6 Å². The highest BCUT2D eigenvalue weighted by molar-refractivity contribution is 7.92. The number of sulfonamides is 1. The maximum Gasteiger partial charge on any atom is 0.255 e. The van der Waals surface area contributed by atoms with E-state index < -0.39 is 15.9 Å². The first-order chi connectivity index (χ1) is 15.2. The number of ketones is 1. The van der Waals surface area contributed by atoms with Gasteiger partial charge in [-0.2, -0.15) is 0 Å². The molecule has 0 aromatic heterocycles. The highest BCUT2D eigenvalue weighted by Crippen LogP contribution is 2.25. The molecule has 0 saturated carbocycles. The standard InChI is InChI=1S/C24H21ClN2O4S/c1-3-15-27(32(2,30)31)20-12-9-18(10-13-20)24(29)26-22-14-11-19(25)16-21(22)23(28)17-7-5-4-6-8-17/h3-14,16H,1,15H2,2H3,(H,26,29). The van der Waals surface area contributed by atoms with Gasteiger partial charge in [-0.1, -0.05) is 48.0 Å². The molecule has 0 aliphatic rings. The third-order valence-corrected chi connectivity index (χ3v) is 6.02. The van der Waals surface area contributed by atoms with Gasteiger partial charge in [0.2, 0.25) is 10.0 Å². The van der Waals surface area contributed by atoms with Crippen molar-refractivity contribution in [2.24, 2.45) is 0 Å². The van der Waals surface area contributed by atoms with Gasteiger partial charge in [-0.15, -0.1) is 6.58 Å². The van der Waals surface area contributed by atoms with Gasteiger partial charge in [0.05, 0.1) is 24.2 Å². The van der Waals surface area contributed by atoms with E-state index in [0.29, 0.717) is 27.5 Å². The summed E-state index contributed by atoms with van der Waals surface area (Å²) >= 11 is 6.09. The maximum absolute atomic E-state index is 12.9. The molecule has 0 spiro atoms. The second kappa shape index (κ2) is 9.80. The molecule has 0 fully saturated rings. The van der Waals surface area contributed by atoms with E-state index in [9.17, 15) is 18.0 Å². The SMILES string of the molecule is C=CCN(c1ccc(C(=O)Nc2ccc(Cl)cc2C(=O)c2ccccc2)cc1)S(C)(=O)=O. The summed E-state index contributed by atoms with van der Waals surface area (Å²) in [4.78, 5) is 25.7. The topological polar surface area (TPSA) is 83.6 Å². The van der Waals surface area contributed by atoms with Gasteiger partial charge >= 0.3 is 0 Å². The first-order valence-corrected chi connectivity index (χ1v) is 11.8. The number of nitrogens with one attached hydrogen (secondary N) is 1. The molecule has 3 aromatic carbocycles. The predicted octanol–water partition coefficient (Wildman–Crippen LogP) is 4.78. The number of benzene rings is 3. The Bertz CT molecular complexity index is 1260. The summed E-state index contributed by atoms with van der Waals surface area (Å²) in [7, 11) is -3.50. The van der Waals surface area contributed by atoms with Gasteiger partial charge in [0.1, 0.15) is 0 Å². The van der Waals surface area contributed by atoms with E-state index >= 15 is 0 Å². The minimum atomic E-state index is -3.50. The number of hydrogen-bond acceptors (Lipinski definition) is 4. The number of hydrogen-bond donors (Lipinski definition) is 1. The van der Waals surface area contributed by atoms with Crippen molar-refractivity contribution in [1.29, 1.82) is 0 Å². The Morgan fingerprint density at radius 1 is 1.00 bits per heavy atom. The van der Waals surface area contributed by atoms with Crippen LogP contribution in [0.3, 0.4) is 0 Å². The minimum Gasteiger partial charge on any atom is -0.321 e. The fourth-order valence-electron chi connectivity index (χ4n) is 3.08. The zero-order chi connectivity index (χ0) is 23.3. The van der Waals surface area contributed by atoms with Crippen molar-refractivity contribution >= 4 is 44.7 Å². The molecule has 1 amide bonds. The largest absolute Gasteiger partial charge is 0.321 e. The Balaban J connectivity index is 1.86. The molecule has 0 bridgehead atoms. The van der Waals surface area contributed by atoms with Crippen LogP contribution in [0, 0.1) is 0 Å². The molecular weight excluding hydrogens is 448 g/mol. The minimum absolute atomic E-state index is 0.111. The number of halogens is 1. The Kier molecular flexibility index (Phi) is 7.12. The highest BCUT2D eigenvalue weighted by atomic mass is 35.5. The van der Waals surface area contributed by atoms with Gasteiger partial charge < -0.3 is 5.32 Å². The summed E-state index contributed by atoms with van der Waals surface area (Å²) in [6.45, 7) is 3.69. The molecule has 3 aromatic rings. The molecule has 6 nitrogen and oxygen atoms in total. The lowest BCUT2D eigenvalue weighted by Crippen LogP contribution is -2.29. The van der Waals surface area contributed by atoms with Crippen LogP contribution in [0.4, 0.5) is 11.4 Å². The summed E-state index contributed by atoms with van der Waals surface area (Å²) in [5.41, 5.74) is 1.77. The Morgan fingerprint density at radius 3 is 2.25 bits per heavy atom. The van der Waals surface area contributed by atoms with Crippen LogP contribution >= 0.6 is 11.6 Å². The fourth-order valence-corrected chi connectivity index (χ4v) is 4.13. The molecule has 8 heteroatoms. The number of anilines is 2. The van der Waals surface area contributed by atoms with Crippen molar-refractivity contribution in [1.82, 2.24) is 0 Å². The summed E-state index contributed by atoms with van der Waals surface area (Å²) in [6.07, 6.45) is 2.58. The zero-order valence-electron chi connectivity index (χ0n) is 17.3. The third kappa shape index (κ3) is 5.43. The van der Waals surface area contributed by atoms with Crippen LogP contribution in [0.5, 0.6) is 0 Å². The van der Waals surface area contributed by atoms with Crippen molar-refractivity contribution in [2.45, 2.75) is 0 Å². The van der Waals surface area contributed by atoms with Crippen molar-refractivity contribution < 1.29 is 18.0 Å². The maximum atomic E-state index is 12.9. The molecule has 1 N–H and O–H groups in total. The van der Waals surface area contributed by atoms with E-state index in [0.717, 1.165) is 6.26 Å². The van der Waals surface area contributed by atoms with Crippen molar-refractivity contribution in [3.8, 4) is 0 Å². The van der Waals surface area contributed by atoms with Crippen molar-refractivity contribution in [2.75, 3.05) is 22.4 Å². The number of carbonyl (C=O) groups is 2.